The quantitative estimate of drug-likeness (QED) is 0.486. The molecular weight excluding hydrogens is 472 g/mol. The molecule has 2 fully saturated rings. The van der Waals surface area contributed by atoms with Crippen LogP contribution in [0.25, 0.3) is 0 Å². The molecule has 0 bridgehead atoms. The van der Waals surface area contributed by atoms with Crippen molar-refractivity contribution in [3.8, 4) is 0 Å². The van der Waals surface area contributed by atoms with Crippen LogP contribution in [0.1, 0.15) is 47.2 Å². The monoisotopic (exact) mass is 504 g/mol. The Kier molecular flexibility index (Phi) is 7.88. The lowest BCUT2D eigenvalue weighted by molar-refractivity contribution is -0.115. The molecule has 3 aromatic rings. The predicted molar refractivity (Wildman–Crippen MR) is 142 cm³/mol. The van der Waals surface area contributed by atoms with Crippen molar-refractivity contribution in [1.29, 1.82) is 0 Å². The van der Waals surface area contributed by atoms with Gasteiger partial charge in [0.1, 0.15) is 0 Å². The number of amides is 2. The van der Waals surface area contributed by atoms with Crippen LogP contribution in [-0.4, -0.2) is 59.1 Å². The zero-order chi connectivity index (χ0) is 24.7. The van der Waals surface area contributed by atoms with E-state index in [2.05, 4.69) is 42.8 Å². The molecule has 5 rings (SSSR count). The highest BCUT2D eigenvalue weighted by atomic mass is 32.1. The van der Waals surface area contributed by atoms with Crippen molar-refractivity contribution in [3.05, 3.63) is 71.3 Å². The molecule has 188 valence electrons. The summed E-state index contributed by atoms with van der Waals surface area (Å²) in [5.41, 5.74) is 2.91. The van der Waals surface area contributed by atoms with Gasteiger partial charge < -0.3 is 15.5 Å². The summed E-state index contributed by atoms with van der Waals surface area (Å²) in [7, 11) is 0. The molecule has 1 saturated heterocycles. The minimum absolute atomic E-state index is 0.0368. The van der Waals surface area contributed by atoms with Gasteiger partial charge in [-0.2, -0.15) is 0 Å². The van der Waals surface area contributed by atoms with Gasteiger partial charge in [0.2, 0.25) is 16.2 Å². The van der Waals surface area contributed by atoms with Gasteiger partial charge in [0.15, 0.2) is 0 Å². The Balaban J connectivity index is 1.07. The van der Waals surface area contributed by atoms with Crippen molar-refractivity contribution >= 4 is 33.4 Å². The Bertz CT molecular complexity index is 1150. The SMILES string of the molecule is O=C(Cc1ccccc1)Nc1nnc(N2CCN(Cc3ccc(C(=O)NC4CCCC4)cc3)CC2)s1. The van der Waals surface area contributed by atoms with Crippen LogP contribution in [0, 0.1) is 0 Å². The second-order valence-corrected chi connectivity index (χ2v) is 10.5. The summed E-state index contributed by atoms with van der Waals surface area (Å²) >= 11 is 1.41. The van der Waals surface area contributed by atoms with Gasteiger partial charge in [0.25, 0.3) is 5.91 Å². The van der Waals surface area contributed by atoms with E-state index in [-0.39, 0.29) is 11.8 Å². The zero-order valence-electron chi connectivity index (χ0n) is 20.4. The van der Waals surface area contributed by atoms with Gasteiger partial charge in [0, 0.05) is 44.3 Å². The molecule has 1 aliphatic heterocycles. The molecule has 2 heterocycles. The zero-order valence-corrected chi connectivity index (χ0v) is 21.2. The van der Waals surface area contributed by atoms with Gasteiger partial charge in [-0.15, -0.1) is 10.2 Å². The van der Waals surface area contributed by atoms with Crippen LogP contribution < -0.4 is 15.5 Å². The van der Waals surface area contributed by atoms with E-state index in [1.807, 2.05) is 42.5 Å². The molecule has 2 aromatic carbocycles. The minimum atomic E-state index is -0.0873. The van der Waals surface area contributed by atoms with Crippen molar-refractivity contribution in [2.24, 2.45) is 0 Å². The molecule has 0 atom stereocenters. The van der Waals surface area contributed by atoms with Crippen molar-refractivity contribution in [3.63, 3.8) is 0 Å². The first-order chi connectivity index (χ1) is 17.6. The molecule has 1 aliphatic carbocycles. The van der Waals surface area contributed by atoms with Gasteiger partial charge in [0.05, 0.1) is 6.42 Å². The number of rotatable bonds is 8. The predicted octanol–water partition coefficient (Wildman–Crippen LogP) is 3.71. The second kappa shape index (κ2) is 11.6. The third-order valence-corrected chi connectivity index (χ3v) is 7.72. The first kappa shape index (κ1) is 24.4. The Morgan fingerprint density at radius 1 is 0.889 bits per heavy atom. The average molecular weight is 505 g/mol. The van der Waals surface area contributed by atoms with E-state index in [0.717, 1.165) is 61.8 Å². The van der Waals surface area contributed by atoms with Crippen LogP contribution in [0.2, 0.25) is 0 Å². The average Bonchev–Trinajstić information content (AvgIpc) is 3.58. The maximum Gasteiger partial charge on any atom is 0.251 e. The number of nitrogens with one attached hydrogen (secondary N) is 2. The number of carbonyl (C=O) groups excluding carboxylic acids is 2. The Labute approximate surface area is 215 Å². The fraction of sp³-hybridized carbons (Fsp3) is 0.407. The molecule has 1 aromatic heterocycles. The molecular formula is C27H32N6O2S. The topological polar surface area (TPSA) is 90.5 Å². The molecule has 36 heavy (non-hydrogen) atoms. The van der Waals surface area contributed by atoms with Crippen molar-refractivity contribution in [2.75, 3.05) is 36.4 Å². The fourth-order valence-electron chi connectivity index (χ4n) is 4.79. The largest absolute Gasteiger partial charge is 0.349 e. The Hall–Kier alpha value is -3.30. The molecule has 8 nitrogen and oxygen atoms in total. The smallest absolute Gasteiger partial charge is 0.251 e. The molecule has 1 saturated carbocycles. The molecule has 0 unspecified atom stereocenters. The number of aromatic nitrogens is 2. The molecule has 2 amide bonds. The molecule has 2 aliphatic rings. The highest BCUT2D eigenvalue weighted by Crippen LogP contribution is 2.25. The van der Waals surface area contributed by atoms with Crippen LogP contribution in [0.4, 0.5) is 10.3 Å². The first-order valence-corrected chi connectivity index (χ1v) is 13.5. The number of benzene rings is 2. The van der Waals surface area contributed by atoms with Crippen molar-refractivity contribution in [1.82, 2.24) is 20.4 Å². The lowest BCUT2D eigenvalue weighted by Gasteiger charge is -2.34. The number of hydrogen-bond acceptors (Lipinski definition) is 7. The molecule has 2 N–H and O–H groups in total. The van der Waals surface area contributed by atoms with Crippen LogP contribution in [-0.2, 0) is 17.8 Å². The fourth-order valence-corrected chi connectivity index (χ4v) is 5.61. The number of hydrogen-bond donors (Lipinski definition) is 2. The third kappa shape index (κ3) is 6.47. The van der Waals surface area contributed by atoms with Crippen LogP contribution in [0.15, 0.2) is 54.6 Å². The minimum Gasteiger partial charge on any atom is -0.349 e. The lowest BCUT2D eigenvalue weighted by Crippen LogP contribution is -2.45. The third-order valence-electron chi connectivity index (χ3n) is 6.82. The molecule has 9 heteroatoms. The first-order valence-electron chi connectivity index (χ1n) is 12.7. The summed E-state index contributed by atoms with van der Waals surface area (Å²) in [6.07, 6.45) is 4.93. The van der Waals surface area contributed by atoms with E-state index < -0.39 is 0 Å². The Morgan fingerprint density at radius 2 is 1.61 bits per heavy atom. The van der Waals surface area contributed by atoms with E-state index in [1.54, 1.807) is 0 Å². The van der Waals surface area contributed by atoms with Crippen LogP contribution in [0.3, 0.4) is 0 Å². The highest BCUT2D eigenvalue weighted by molar-refractivity contribution is 7.19. The number of piperazine rings is 1. The normalized spacial score (nSPS) is 16.7. The van der Waals surface area contributed by atoms with Gasteiger partial charge in [-0.05, 0) is 36.1 Å². The van der Waals surface area contributed by atoms with Crippen molar-refractivity contribution in [2.45, 2.75) is 44.7 Å². The molecule has 0 radical (unpaired) electrons. The maximum absolute atomic E-state index is 12.5. The maximum atomic E-state index is 12.5. The van der Waals surface area contributed by atoms with Crippen LogP contribution >= 0.6 is 11.3 Å². The lowest BCUT2D eigenvalue weighted by atomic mass is 10.1. The number of anilines is 2. The summed E-state index contributed by atoms with van der Waals surface area (Å²) in [4.78, 5) is 29.4. The van der Waals surface area contributed by atoms with Crippen LogP contribution in [0.5, 0.6) is 0 Å². The Morgan fingerprint density at radius 3 is 2.33 bits per heavy atom. The molecule has 0 spiro atoms. The van der Waals surface area contributed by atoms with E-state index in [9.17, 15) is 9.59 Å². The van der Waals surface area contributed by atoms with Gasteiger partial charge in [-0.3, -0.25) is 14.5 Å². The van der Waals surface area contributed by atoms with Gasteiger partial charge >= 0.3 is 0 Å². The summed E-state index contributed by atoms with van der Waals surface area (Å²) < 4.78 is 0. The van der Waals surface area contributed by atoms with E-state index in [4.69, 9.17) is 0 Å². The number of nitrogens with zero attached hydrogens (tertiary/aromatic N) is 4. The summed E-state index contributed by atoms with van der Waals surface area (Å²) in [5, 5.41) is 15.8. The van der Waals surface area contributed by atoms with E-state index >= 15 is 0 Å². The van der Waals surface area contributed by atoms with Gasteiger partial charge in [-0.25, -0.2) is 0 Å². The van der Waals surface area contributed by atoms with Crippen molar-refractivity contribution < 1.29 is 9.59 Å². The summed E-state index contributed by atoms with van der Waals surface area (Å²) in [6.45, 7) is 4.40. The number of carbonyl (C=O) groups is 2. The standard InChI is InChI=1S/C27H32N6O2S/c34-24(18-20-6-2-1-3-7-20)29-26-30-31-27(36-26)33-16-14-32(15-17-33)19-21-10-12-22(13-11-21)25(35)28-23-8-4-5-9-23/h1-3,6-7,10-13,23H,4-5,8-9,14-19H2,(H,28,35)(H,29,30,34). The summed E-state index contributed by atoms with van der Waals surface area (Å²) in [6, 6.07) is 18.0. The van der Waals surface area contributed by atoms with Gasteiger partial charge in [-0.1, -0.05) is 66.6 Å². The highest BCUT2D eigenvalue weighted by Gasteiger charge is 2.21. The second-order valence-electron chi connectivity index (χ2n) is 9.52. The van der Waals surface area contributed by atoms with E-state index in [0.29, 0.717) is 17.6 Å². The summed E-state index contributed by atoms with van der Waals surface area (Å²) in [5.74, 6) is -0.0505. The van der Waals surface area contributed by atoms with E-state index in [1.165, 1.54) is 29.7 Å².